The van der Waals surface area contributed by atoms with Crippen LogP contribution in [0.2, 0.25) is 0 Å². The van der Waals surface area contributed by atoms with E-state index in [1.165, 1.54) is 12.0 Å². The molecule has 2 fully saturated rings. The van der Waals surface area contributed by atoms with Crippen LogP contribution < -0.4 is 10.0 Å². The van der Waals surface area contributed by atoms with Gasteiger partial charge < -0.3 is 5.32 Å². The second-order valence-corrected chi connectivity index (χ2v) is 8.01. The van der Waals surface area contributed by atoms with Crippen LogP contribution >= 0.6 is 0 Å². The molecular weight excluding hydrogens is 286 g/mol. The molecule has 6 heteroatoms. The van der Waals surface area contributed by atoms with Crippen LogP contribution in [0.3, 0.4) is 0 Å². The molecule has 5 nitrogen and oxygen atoms in total. The van der Waals surface area contributed by atoms with E-state index in [-0.39, 0.29) is 6.04 Å². The number of fused-ring (bicyclic) bond motifs is 2. The smallest absolute Gasteiger partial charge is 0.240 e. The quantitative estimate of drug-likeness (QED) is 0.867. The molecule has 3 aliphatic heterocycles. The van der Waals surface area contributed by atoms with Crippen molar-refractivity contribution in [3.63, 3.8) is 0 Å². The van der Waals surface area contributed by atoms with E-state index in [0.29, 0.717) is 10.9 Å². The number of benzene rings is 1. The predicted octanol–water partition coefficient (Wildman–Crippen LogP) is 0.805. The minimum Gasteiger partial charge on any atom is -0.309 e. The standard InChI is InChI=1S/C15H21N3O2S/c19-21(20,13-4-3-11-9-16-10-12(11)8-13)17-14-5-7-18-6-1-2-15(14)18/h3-4,8,14-17H,1-2,5-7,9-10H2. The summed E-state index contributed by atoms with van der Waals surface area (Å²) < 4.78 is 28.2. The predicted molar refractivity (Wildman–Crippen MR) is 80.3 cm³/mol. The Balaban J connectivity index is 1.56. The normalized spacial score (nSPS) is 28.8. The number of hydrogen-bond acceptors (Lipinski definition) is 4. The first-order chi connectivity index (χ1) is 10.1. The Morgan fingerprint density at radius 1 is 1.14 bits per heavy atom. The van der Waals surface area contributed by atoms with Crippen molar-refractivity contribution < 1.29 is 8.42 Å². The minimum atomic E-state index is -3.41. The zero-order chi connectivity index (χ0) is 14.4. The maximum Gasteiger partial charge on any atom is 0.240 e. The highest BCUT2D eigenvalue weighted by Gasteiger charge is 2.39. The zero-order valence-corrected chi connectivity index (χ0v) is 12.8. The highest BCUT2D eigenvalue weighted by atomic mass is 32.2. The topological polar surface area (TPSA) is 61.4 Å². The first-order valence-electron chi connectivity index (χ1n) is 7.72. The van der Waals surface area contributed by atoms with Crippen molar-refractivity contribution in [3.8, 4) is 0 Å². The van der Waals surface area contributed by atoms with E-state index in [4.69, 9.17) is 0 Å². The Hall–Kier alpha value is -0.950. The summed E-state index contributed by atoms with van der Waals surface area (Å²) in [7, 11) is -3.41. The maximum absolute atomic E-state index is 12.6. The first-order valence-corrected chi connectivity index (χ1v) is 9.21. The molecule has 0 radical (unpaired) electrons. The van der Waals surface area contributed by atoms with E-state index in [1.54, 1.807) is 6.07 Å². The molecule has 3 aliphatic rings. The average molecular weight is 307 g/mol. The van der Waals surface area contributed by atoms with Gasteiger partial charge >= 0.3 is 0 Å². The van der Waals surface area contributed by atoms with E-state index in [1.807, 2.05) is 12.1 Å². The summed E-state index contributed by atoms with van der Waals surface area (Å²) in [5, 5.41) is 3.25. The fourth-order valence-corrected chi connectivity index (χ4v) is 5.28. The number of sulfonamides is 1. The lowest BCUT2D eigenvalue weighted by Gasteiger charge is -2.21. The molecule has 2 saturated heterocycles. The highest BCUT2D eigenvalue weighted by Crippen LogP contribution is 2.29. The third-order valence-electron chi connectivity index (χ3n) is 5.03. The fourth-order valence-electron chi connectivity index (χ4n) is 3.93. The van der Waals surface area contributed by atoms with Crippen molar-refractivity contribution in [2.45, 2.75) is 49.3 Å². The molecule has 21 heavy (non-hydrogen) atoms. The Morgan fingerprint density at radius 3 is 2.90 bits per heavy atom. The average Bonchev–Trinajstić information content (AvgIpc) is 3.15. The van der Waals surface area contributed by atoms with Crippen LogP contribution in [0.1, 0.15) is 30.4 Å². The molecule has 0 amide bonds. The lowest BCUT2D eigenvalue weighted by Crippen LogP contribution is -2.42. The van der Waals surface area contributed by atoms with Gasteiger partial charge in [0.1, 0.15) is 0 Å². The lowest BCUT2D eigenvalue weighted by atomic mass is 10.1. The van der Waals surface area contributed by atoms with Gasteiger partial charge in [-0.3, -0.25) is 4.90 Å². The third kappa shape index (κ3) is 2.40. The molecule has 1 aromatic carbocycles. The third-order valence-corrected chi connectivity index (χ3v) is 6.52. The van der Waals surface area contributed by atoms with Gasteiger partial charge in [0.15, 0.2) is 0 Å². The lowest BCUT2D eigenvalue weighted by molar-refractivity contribution is 0.309. The van der Waals surface area contributed by atoms with E-state index >= 15 is 0 Å². The summed E-state index contributed by atoms with van der Waals surface area (Å²) in [5.74, 6) is 0. The van der Waals surface area contributed by atoms with Crippen molar-refractivity contribution >= 4 is 10.0 Å². The summed E-state index contributed by atoms with van der Waals surface area (Å²) in [5.41, 5.74) is 2.31. The summed E-state index contributed by atoms with van der Waals surface area (Å²) in [4.78, 5) is 2.82. The molecular formula is C15H21N3O2S. The van der Waals surface area contributed by atoms with Crippen LogP contribution in [0.15, 0.2) is 23.1 Å². The molecule has 2 N–H and O–H groups in total. The molecule has 0 aromatic heterocycles. The molecule has 0 bridgehead atoms. The first kappa shape index (κ1) is 13.7. The molecule has 0 saturated carbocycles. The Kier molecular flexibility index (Phi) is 3.29. The minimum absolute atomic E-state index is 0.0730. The Labute approximate surface area is 125 Å². The van der Waals surface area contributed by atoms with Gasteiger partial charge in [0.25, 0.3) is 0 Å². The maximum atomic E-state index is 12.6. The fraction of sp³-hybridized carbons (Fsp3) is 0.600. The number of nitrogens with zero attached hydrogens (tertiary/aromatic N) is 1. The molecule has 2 unspecified atom stereocenters. The number of hydrogen-bond donors (Lipinski definition) is 2. The van der Waals surface area contributed by atoms with E-state index in [2.05, 4.69) is 14.9 Å². The van der Waals surface area contributed by atoms with E-state index in [0.717, 1.165) is 44.6 Å². The van der Waals surface area contributed by atoms with E-state index < -0.39 is 10.0 Å². The van der Waals surface area contributed by atoms with Gasteiger partial charge in [0, 0.05) is 31.7 Å². The largest absolute Gasteiger partial charge is 0.309 e. The molecule has 0 spiro atoms. The van der Waals surface area contributed by atoms with Crippen molar-refractivity contribution in [1.82, 2.24) is 14.9 Å². The van der Waals surface area contributed by atoms with Crippen molar-refractivity contribution in [2.75, 3.05) is 13.1 Å². The van der Waals surface area contributed by atoms with Gasteiger partial charge in [-0.05, 0) is 49.1 Å². The molecule has 1 aromatic rings. The van der Waals surface area contributed by atoms with Crippen LogP contribution in [-0.2, 0) is 23.1 Å². The van der Waals surface area contributed by atoms with E-state index in [9.17, 15) is 8.42 Å². The van der Waals surface area contributed by atoms with Crippen molar-refractivity contribution in [2.24, 2.45) is 0 Å². The van der Waals surface area contributed by atoms with Gasteiger partial charge in [-0.15, -0.1) is 0 Å². The summed E-state index contributed by atoms with van der Waals surface area (Å²) in [6.07, 6.45) is 3.23. The summed E-state index contributed by atoms with van der Waals surface area (Å²) in [6, 6.07) is 5.95. The van der Waals surface area contributed by atoms with Crippen molar-refractivity contribution in [1.29, 1.82) is 0 Å². The van der Waals surface area contributed by atoms with Crippen LogP contribution in [0, 0.1) is 0 Å². The van der Waals surface area contributed by atoms with Gasteiger partial charge in [-0.2, -0.15) is 0 Å². The second kappa shape index (κ2) is 5.05. The van der Waals surface area contributed by atoms with Gasteiger partial charge in [-0.25, -0.2) is 13.1 Å². The SMILES string of the molecule is O=S(=O)(NC1CCN2CCCC12)c1ccc2c(c1)CNC2. The van der Waals surface area contributed by atoms with Crippen LogP contribution in [0.4, 0.5) is 0 Å². The van der Waals surface area contributed by atoms with Gasteiger partial charge in [0.2, 0.25) is 10.0 Å². The van der Waals surface area contributed by atoms with Crippen LogP contribution in [0.5, 0.6) is 0 Å². The second-order valence-electron chi connectivity index (χ2n) is 6.30. The Morgan fingerprint density at radius 2 is 2.00 bits per heavy atom. The van der Waals surface area contributed by atoms with Crippen molar-refractivity contribution in [3.05, 3.63) is 29.3 Å². The van der Waals surface area contributed by atoms with Crippen LogP contribution in [0.25, 0.3) is 0 Å². The Bertz CT molecular complexity index is 659. The number of nitrogens with one attached hydrogen (secondary N) is 2. The molecule has 114 valence electrons. The zero-order valence-electron chi connectivity index (χ0n) is 12.0. The monoisotopic (exact) mass is 307 g/mol. The number of rotatable bonds is 3. The molecule has 3 heterocycles. The molecule has 4 rings (SSSR count). The summed E-state index contributed by atoms with van der Waals surface area (Å²) in [6.45, 7) is 3.74. The van der Waals surface area contributed by atoms with Gasteiger partial charge in [0.05, 0.1) is 4.90 Å². The summed E-state index contributed by atoms with van der Waals surface area (Å²) >= 11 is 0. The molecule has 2 atom stereocenters. The highest BCUT2D eigenvalue weighted by molar-refractivity contribution is 7.89. The van der Waals surface area contributed by atoms with Crippen LogP contribution in [-0.4, -0.2) is 38.5 Å². The molecule has 0 aliphatic carbocycles. The van der Waals surface area contributed by atoms with Gasteiger partial charge in [-0.1, -0.05) is 6.07 Å².